The Kier molecular flexibility index (Phi) is 1.74. The summed E-state index contributed by atoms with van der Waals surface area (Å²) >= 11 is 5.79. The van der Waals surface area contributed by atoms with E-state index in [4.69, 9.17) is 16.9 Å². The van der Waals surface area contributed by atoms with Crippen LogP contribution in [-0.2, 0) is 0 Å². The molecule has 0 amide bonds. The predicted octanol–water partition coefficient (Wildman–Crippen LogP) is 2.34. The van der Waals surface area contributed by atoms with Crippen LogP contribution in [0.4, 0.5) is 0 Å². The second kappa shape index (κ2) is 2.78. The molecule has 0 aliphatic heterocycles. The van der Waals surface area contributed by atoms with E-state index in [1.54, 1.807) is 12.1 Å². The molecule has 0 aliphatic rings. The van der Waals surface area contributed by atoms with Crippen molar-refractivity contribution in [2.75, 3.05) is 0 Å². The van der Waals surface area contributed by atoms with Crippen LogP contribution in [0, 0.1) is 0 Å². The van der Waals surface area contributed by atoms with Crippen molar-refractivity contribution in [2.24, 2.45) is 0 Å². The lowest BCUT2D eigenvalue weighted by Gasteiger charge is -1.94. The maximum absolute atomic E-state index is 10.7. The van der Waals surface area contributed by atoms with Gasteiger partial charge in [-0.1, -0.05) is 18.2 Å². The van der Waals surface area contributed by atoms with E-state index in [1.165, 1.54) is 0 Å². The third-order valence-corrected chi connectivity index (χ3v) is 2.24. The van der Waals surface area contributed by atoms with Crippen molar-refractivity contribution in [1.29, 1.82) is 0 Å². The number of nitrogens with zero attached hydrogens (tertiary/aromatic N) is 1. The van der Waals surface area contributed by atoms with Crippen LogP contribution in [0.15, 0.2) is 30.3 Å². The minimum Gasteiger partial charge on any atom is -0.477 e. The smallest absolute Gasteiger partial charge is 0.353 e. The highest BCUT2D eigenvalue weighted by Crippen LogP contribution is 2.20. The maximum atomic E-state index is 10.7. The number of carbonyl (C=O) groups is 1. The van der Waals surface area contributed by atoms with E-state index in [1.807, 2.05) is 18.2 Å². The van der Waals surface area contributed by atoms with Crippen LogP contribution >= 0.6 is 11.8 Å². The lowest BCUT2D eigenvalue weighted by Crippen LogP contribution is -1.99. The SMILES string of the molecule is O=C(O)c1cc2ccccc2n1Cl. The summed E-state index contributed by atoms with van der Waals surface area (Å²) in [4.78, 5) is 10.7. The van der Waals surface area contributed by atoms with E-state index >= 15 is 0 Å². The second-order valence-electron chi connectivity index (χ2n) is 2.67. The molecule has 1 N–H and O–H groups in total. The Balaban J connectivity index is 2.81. The first kappa shape index (κ1) is 8.13. The number of hydrogen-bond donors (Lipinski definition) is 1. The highest BCUT2D eigenvalue weighted by Gasteiger charge is 2.12. The summed E-state index contributed by atoms with van der Waals surface area (Å²) in [5.41, 5.74) is 0.796. The minimum absolute atomic E-state index is 0.0860. The predicted molar refractivity (Wildman–Crippen MR) is 50.1 cm³/mol. The molecule has 0 atom stereocenters. The van der Waals surface area contributed by atoms with Crippen LogP contribution in [0.2, 0.25) is 0 Å². The van der Waals surface area contributed by atoms with Crippen molar-refractivity contribution < 1.29 is 9.90 Å². The molecule has 0 radical (unpaired) electrons. The van der Waals surface area contributed by atoms with Gasteiger partial charge in [0.1, 0.15) is 5.69 Å². The normalized spacial score (nSPS) is 10.5. The standard InChI is InChI=1S/C9H6ClNO2/c10-11-7-4-2-1-3-6(7)5-8(11)9(12)13/h1-5H,(H,12,13). The fourth-order valence-corrected chi connectivity index (χ4v) is 1.54. The zero-order chi connectivity index (χ0) is 9.42. The van der Waals surface area contributed by atoms with Crippen LogP contribution in [0.3, 0.4) is 0 Å². The topological polar surface area (TPSA) is 42.2 Å². The van der Waals surface area contributed by atoms with E-state index in [2.05, 4.69) is 0 Å². The summed E-state index contributed by atoms with van der Waals surface area (Å²) in [6.07, 6.45) is 0. The number of hydrogen-bond acceptors (Lipinski definition) is 1. The molecule has 0 fully saturated rings. The first-order chi connectivity index (χ1) is 6.20. The molecule has 3 nitrogen and oxygen atoms in total. The second-order valence-corrected chi connectivity index (χ2v) is 3.01. The molecule has 2 aromatic rings. The summed E-state index contributed by atoms with van der Waals surface area (Å²) < 4.78 is 1.15. The molecule has 4 heteroatoms. The van der Waals surface area contributed by atoms with Gasteiger partial charge in [0.05, 0.1) is 5.52 Å². The molecule has 0 saturated carbocycles. The number of carboxylic acids is 1. The fraction of sp³-hybridized carbons (Fsp3) is 0. The Labute approximate surface area is 79.3 Å². The van der Waals surface area contributed by atoms with Crippen molar-refractivity contribution in [2.45, 2.75) is 0 Å². The summed E-state index contributed by atoms with van der Waals surface area (Å²) in [5, 5.41) is 9.59. The molecule has 0 saturated heterocycles. The van der Waals surface area contributed by atoms with Crippen molar-refractivity contribution >= 4 is 28.6 Å². The number of aromatic carboxylic acids is 1. The Morgan fingerprint density at radius 1 is 1.38 bits per heavy atom. The van der Waals surface area contributed by atoms with Crippen LogP contribution < -0.4 is 0 Å². The van der Waals surface area contributed by atoms with Gasteiger partial charge in [-0.25, -0.2) is 8.88 Å². The average Bonchev–Trinajstić information content (AvgIpc) is 2.45. The van der Waals surface area contributed by atoms with E-state index in [9.17, 15) is 4.79 Å². The monoisotopic (exact) mass is 195 g/mol. The molecule has 1 aromatic carbocycles. The lowest BCUT2D eigenvalue weighted by atomic mass is 10.2. The molecular weight excluding hydrogens is 190 g/mol. The van der Waals surface area contributed by atoms with Gasteiger partial charge in [0.15, 0.2) is 0 Å². The molecule has 66 valence electrons. The first-order valence-corrected chi connectivity index (χ1v) is 4.04. The number of fused-ring (bicyclic) bond motifs is 1. The summed E-state index contributed by atoms with van der Waals surface area (Å²) in [7, 11) is 0. The van der Waals surface area contributed by atoms with Gasteiger partial charge in [-0.15, -0.1) is 0 Å². The van der Waals surface area contributed by atoms with Crippen LogP contribution in [0.25, 0.3) is 10.9 Å². The molecule has 0 bridgehead atoms. The molecule has 1 heterocycles. The molecule has 0 aliphatic carbocycles. The van der Waals surface area contributed by atoms with Crippen LogP contribution in [-0.4, -0.2) is 15.2 Å². The molecule has 2 rings (SSSR count). The average molecular weight is 196 g/mol. The van der Waals surface area contributed by atoms with Gasteiger partial charge in [0.2, 0.25) is 0 Å². The van der Waals surface area contributed by atoms with E-state index in [-0.39, 0.29) is 5.69 Å². The summed E-state index contributed by atoms with van der Waals surface area (Å²) in [6.45, 7) is 0. The molecule has 0 spiro atoms. The van der Waals surface area contributed by atoms with Crippen molar-refractivity contribution in [3.8, 4) is 0 Å². The maximum Gasteiger partial charge on any atom is 0.353 e. The van der Waals surface area contributed by atoms with Gasteiger partial charge in [0, 0.05) is 17.2 Å². The number of carboxylic acid groups (broad SMARTS) is 1. The van der Waals surface area contributed by atoms with E-state index in [0.717, 1.165) is 9.47 Å². The largest absolute Gasteiger partial charge is 0.477 e. The van der Waals surface area contributed by atoms with Crippen molar-refractivity contribution in [3.05, 3.63) is 36.0 Å². The van der Waals surface area contributed by atoms with Gasteiger partial charge in [-0.3, -0.25) is 0 Å². The van der Waals surface area contributed by atoms with Gasteiger partial charge in [-0.2, -0.15) is 0 Å². The number of halogens is 1. The van der Waals surface area contributed by atoms with Gasteiger partial charge in [0.25, 0.3) is 0 Å². The van der Waals surface area contributed by atoms with Gasteiger partial charge >= 0.3 is 5.97 Å². The number of rotatable bonds is 1. The summed E-state index contributed by atoms with van der Waals surface area (Å²) in [5.74, 6) is -1.02. The molecule has 13 heavy (non-hydrogen) atoms. The zero-order valence-electron chi connectivity index (χ0n) is 6.57. The van der Waals surface area contributed by atoms with Crippen molar-refractivity contribution in [3.63, 3.8) is 0 Å². The zero-order valence-corrected chi connectivity index (χ0v) is 7.32. The minimum atomic E-state index is -1.02. The molecule has 1 aromatic heterocycles. The fourth-order valence-electron chi connectivity index (χ4n) is 1.27. The van der Waals surface area contributed by atoms with Gasteiger partial charge < -0.3 is 5.11 Å². The molecule has 0 unspecified atom stereocenters. The van der Waals surface area contributed by atoms with Crippen LogP contribution in [0.1, 0.15) is 10.5 Å². The Bertz CT molecular complexity index is 475. The third kappa shape index (κ3) is 1.17. The first-order valence-electron chi connectivity index (χ1n) is 3.70. The van der Waals surface area contributed by atoms with Crippen molar-refractivity contribution in [1.82, 2.24) is 4.09 Å². The third-order valence-electron chi connectivity index (χ3n) is 1.87. The number of benzene rings is 1. The summed E-state index contributed by atoms with van der Waals surface area (Å²) in [6, 6.07) is 8.79. The Hall–Kier alpha value is -1.48. The van der Waals surface area contributed by atoms with E-state index < -0.39 is 5.97 Å². The Morgan fingerprint density at radius 3 is 2.69 bits per heavy atom. The highest BCUT2D eigenvalue weighted by atomic mass is 35.5. The highest BCUT2D eigenvalue weighted by molar-refractivity contribution is 6.22. The lowest BCUT2D eigenvalue weighted by molar-refractivity contribution is 0.0690. The van der Waals surface area contributed by atoms with E-state index in [0.29, 0.717) is 5.52 Å². The van der Waals surface area contributed by atoms with Crippen LogP contribution in [0.5, 0.6) is 0 Å². The number of aromatic nitrogens is 1. The molecular formula is C9H6ClNO2. The van der Waals surface area contributed by atoms with Gasteiger partial charge in [-0.05, 0) is 12.1 Å². The number of para-hydroxylation sites is 1. The Morgan fingerprint density at radius 2 is 2.08 bits per heavy atom. The quantitative estimate of drug-likeness (QED) is 0.759.